The summed E-state index contributed by atoms with van der Waals surface area (Å²) < 4.78 is 12.8. The van der Waals surface area contributed by atoms with E-state index in [-0.39, 0.29) is 0 Å². The molecule has 0 bridgehead atoms. The largest absolute Gasteiger partial charge is 0.246 e. The number of halogens is 2. The van der Waals surface area contributed by atoms with Crippen molar-refractivity contribution in [2.24, 2.45) is 0 Å². The molecule has 0 nitrogen and oxygen atoms in total. The lowest BCUT2D eigenvalue weighted by Crippen LogP contribution is -2.05. The van der Waals surface area contributed by atoms with Crippen LogP contribution in [0.5, 0.6) is 0 Å². The molecule has 0 fully saturated rings. The van der Waals surface area contributed by atoms with Gasteiger partial charge in [0.2, 0.25) is 0 Å². The minimum atomic E-state index is -0.766. The van der Waals surface area contributed by atoms with Gasteiger partial charge in [-0.15, -0.1) is 0 Å². The molecular formula is C9H10BrF. The van der Waals surface area contributed by atoms with E-state index in [4.69, 9.17) is 0 Å². The van der Waals surface area contributed by atoms with Crippen LogP contribution in [0.15, 0.2) is 30.3 Å². The highest BCUT2D eigenvalue weighted by molar-refractivity contribution is 9.09. The fourth-order valence-corrected chi connectivity index (χ4v) is 1.15. The molecular weight excluding hydrogens is 207 g/mol. The first kappa shape index (κ1) is 8.72. The molecule has 1 rings (SSSR count). The van der Waals surface area contributed by atoms with Gasteiger partial charge in [0.05, 0.1) is 0 Å². The Hall–Kier alpha value is -0.370. The quantitative estimate of drug-likeness (QED) is 0.682. The Morgan fingerprint density at radius 3 is 2.45 bits per heavy atom. The third-order valence-corrected chi connectivity index (χ3v) is 2.17. The van der Waals surface area contributed by atoms with Gasteiger partial charge in [0.25, 0.3) is 0 Å². The van der Waals surface area contributed by atoms with Crippen molar-refractivity contribution in [1.82, 2.24) is 0 Å². The van der Waals surface area contributed by atoms with Crippen LogP contribution in [0.25, 0.3) is 0 Å². The Balaban J connectivity index is 2.51. The van der Waals surface area contributed by atoms with Gasteiger partial charge >= 0.3 is 0 Å². The Morgan fingerprint density at radius 2 is 1.91 bits per heavy atom. The molecule has 11 heavy (non-hydrogen) atoms. The Morgan fingerprint density at radius 1 is 1.27 bits per heavy atom. The molecule has 0 amide bonds. The van der Waals surface area contributed by atoms with Gasteiger partial charge in [-0.2, -0.15) is 0 Å². The van der Waals surface area contributed by atoms with E-state index in [1.807, 2.05) is 30.3 Å². The third kappa shape index (κ3) is 3.02. The summed E-state index contributed by atoms with van der Waals surface area (Å²) in [5, 5.41) is 0.419. The Bertz CT molecular complexity index is 198. The monoisotopic (exact) mass is 216 g/mol. The van der Waals surface area contributed by atoms with Crippen LogP contribution in [-0.2, 0) is 6.42 Å². The SMILES string of the molecule is F[C@H](CBr)Cc1ccccc1. The maximum Gasteiger partial charge on any atom is 0.114 e. The molecule has 0 saturated carbocycles. The predicted octanol–water partition coefficient (Wildman–Crippen LogP) is 2.96. The van der Waals surface area contributed by atoms with E-state index in [9.17, 15) is 4.39 Å². The van der Waals surface area contributed by atoms with Crippen LogP contribution in [0.1, 0.15) is 5.56 Å². The molecule has 0 aliphatic rings. The lowest BCUT2D eigenvalue weighted by Gasteiger charge is -2.02. The van der Waals surface area contributed by atoms with Gasteiger partial charge in [0.15, 0.2) is 0 Å². The molecule has 0 N–H and O–H groups in total. The molecule has 2 heteroatoms. The molecule has 1 atom stereocenters. The first-order valence-electron chi connectivity index (χ1n) is 3.57. The molecule has 0 spiro atoms. The van der Waals surface area contributed by atoms with Crippen LogP contribution in [0, 0.1) is 0 Å². The normalized spacial score (nSPS) is 12.9. The summed E-state index contributed by atoms with van der Waals surface area (Å²) in [6, 6.07) is 9.67. The van der Waals surface area contributed by atoms with Gasteiger partial charge in [-0.1, -0.05) is 46.3 Å². The van der Waals surface area contributed by atoms with E-state index in [1.165, 1.54) is 0 Å². The summed E-state index contributed by atoms with van der Waals surface area (Å²) in [6.45, 7) is 0. The lowest BCUT2D eigenvalue weighted by atomic mass is 10.1. The van der Waals surface area contributed by atoms with Gasteiger partial charge < -0.3 is 0 Å². The fraction of sp³-hybridized carbons (Fsp3) is 0.333. The summed E-state index contributed by atoms with van der Waals surface area (Å²) in [5.41, 5.74) is 1.06. The zero-order valence-corrected chi connectivity index (χ0v) is 7.72. The molecule has 0 saturated heterocycles. The molecule has 0 aliphatic heterocycles. The summed E-state index contributed by atoms with van der Waals surface area (Å²) >= 11 is 3.10. The van der Waals surface area contributed by atoms with Gasteiger partial charge in [0, 0.05) is 11.8 Å². The molecule has 1 aromatic carbocycles. The van der Waals surface area contributed by atoms with E-state index in [1.54, 1.807) is 0 Å². The summed E-state index contributed by atoms with van der Waals surface area (Å²) in [5.74, 6) is 0. The maximum absolute atomic E-state index is 12.8. The molecule has 0 unspecified atom stereocenters. The second-order valence-corrected chi connectivity index (χ2v) is 3.09. The van der Waals surface area contributed by atoms with Crippen molar-refractivity contribution in [2.75, 3.05) is 5.33 Å². The van der Waals surface area contributed by atoms with Crippen LogP contribution in [-0.4, -0.2) is 11.5 Å². The highest BCUT2D eigenvalue weighted by Gasteiger charge is 2.03. The van der Waals surface area contributed by atoms with E-state index in [0.29, 0.717) is 11.8 Å². The second kappa shape index (κ2) is 4.50. The fourth-order valence-electron chi connectivity index (χ4n) is 0.924. The highest BCUT2D eigenvalue weighted by Crippen LogP contribution is 2.07. The zero-order chi connectivity index (χ0) is 8.10. The molecule has 0 aliphatic carbocycles. The Labute approximate surface area is 74.6 Å². The molecule has 60 valence electrons. The first-order chi connectivity index (χ1) is 5.33. The third-order valence-electron chi connectivity index (χ3n) is 1.47. The standard InChI is InChI=1S/C9H10BrF/c10-7-9(11)6-8-4-2-1-3-5-8/h1-5,9H,6-7H2/t9-/m0/s1. The van der Waals surface area contributed by atoms with Gasteiger partial charge in [0.1, 0.15) is 6.17 Å². The van der Waals surface area contributed by atoms with Crippen LogP contribution >= 0.6 is 15.9 Å². The summed E-state index contributed by atoms with van der Waals surface area (Å²) in [4.78, 5) is 0. The number of hydrogen-bond acceptors (Lipinski definition) is 0. The highest BCUT2D eigenvalue weighted by atomic mass is 79.9. The Kier molecular flexibility index (Phi) is 3.57. The lowest BCUT2D eigenvalue weighted by molar-refractivity contribution is 0.368. The van der Waals surface area contributed by atoms with Crippen LogP contribution in [0.2, 0.25) is 0 Å². The van der Waals surface area contributed by atoms with Gasteiger partial charge in [-0.05, 0) is 5.56 Å². The van der Waals surface area contributed by atoms with Crippen molar-refractivity contribution in [3.8, 4) is 0 Å². The summed E-state index contributed by atoms with van der Waals surface area (Å²) in [6.07, 6.45) is -0.260. The average molecular weight is 217 g/mol. The van der Waals surface area contributed by atoms with Crippen molar-refractivity contribution in [2.45, 2.75) is 12.6 Å². The first-order valence-corrected chi connectivity index (χ1v) is 4.69. The van der Waals surface area contributed by atoms with Crippen molar-refractivity contribution in [1.29, 1.82) is 0 Å². The topological polar surface area (TPSA) is 0 Å². The second-order valence-electron chi connectivity index (χ2n) is 2.44. The van der Waals surface area contributed by atoms with Gasteiger partial charge in [-0.3, -0.25) is 0 Å². The predicted molar refractivity (Wildman–Crippen MR) is 48.8 cm³/mol. The van der Waals surface area contributed by atoms with Crippen molar-refractivity contribution in [3.63, 3.8) is 0 Å². The van der Waals surface area contributed by atoms with E-state index >= 15 is 0 Å². The molecule has 0 radical (unpaired) electrons. The number of benzene rings is 1. The minimum absolute atomic E-state index is 0.419. The van der Waals surface area contributed by atoms with E-state index in [0.717, 1.165) is 5.56 Å². The van der Waals surface area contributed by atoms with E-state index in [2.05, 4.69) is 15.9 Å². The van der Waals surface area contributed by atoms with Crippen LogP contribution < -0.4 is 0 Å². The number of hydrogen-bond donors (Lipinski definition) is 0. The average Bonchev–Trinajstić information content (AvgIpc) is 2.06. The minimum Gasteiger partial charge on any atom is -0.246 e. The van der Waals surface area contributed by atoms with Crippen LogP contribution in [0.3, 0.4) is 0 Å². The molecule has 0 aromatic heterocycles. The van der Waals surface area contributed by atoms with Crippen molar-refractivity contribution in [3.05, 3.63) is 35.9 Å². The smallest absolute Gasteiger partial charge is 0.114 e. The molecule has 1 aromatic rings. The van der Waals surface area contributed by atoms with E-state index < -0.39 is 6.17 Å². The molecule has 0 heterocycles. The van der Waals surface area contributed by atoms with Crippen LogP contribution in [0.4, 0.5) is 4.39 Å². The maximum atomic E-state index is 12.8. The van der Waals surface area contributed by atoms with Gasteiger partial charge in [-0.25, -0.2) is 4.39 Å². The number of alkyl halides is 2. The zero-order valence-electron chi connectivity index (χ0n) is 6.13. The number of rotatable bonds is 3. The summed E-state index contributed by atoms with van der Waals surface area (Å²) in [7, 11) is 0. The van der Waals surface area contributed by atoms with Crippen molar-refractivity contribution < 1.29 is 4.39 Å². The van der Waals surface area contributed by atoms with Crippen molar-refractivity contribution >= 4 is 15.9 Å².